The highest BCUT2D eigenvalue weighted by Gasteiger charge is 2.23. The number of carbonyl (C=O) groups is 1. The summed E-state index contributed by atoms with van der Waals surface area (Å²) in [5.74, 6) is 0.219. The minimum absolute atomic E-state index is 0.124. The average molecular weight is 240 g/mol. The largest absolute Gasteiger partial charge is 0.294 e. The zero-order chi connectivity index (χ0) is 13.2. The van der Waals surface area contributed by atoms with Crippen LogP contribution in [0.5, 0.6) is 0 Å². The first-order chi connectivity index (χ1) is 8.48. The average Bonchev–Trinajstić information content (AvgIpc) is 2.78. The first kappa shape index (κ1) is 12.8. The summed E-state index contributed by atoms with van der Waals surface area (Å²) < 4.78 is 0. The fourth-order valence-corrected chi connectivity index (χ4v) is 2.41. The van der Waals surface area contributed by atoms with Crippen LogP contribution in [0, 0.1) is 5.41 Å². The smallest absolute Gasteiger partial charge is 0.166 e. The standard InChI is InChI=1S/C17H20O/c1-17(2,3)15-11-7-10-14(15)12-16(18)13-8-5-4-6-9-13/h4-9,11H,10,12H2,1-3H3. The quantitative estimate of drug-likeness (QED) is 0.708. The van der Waals surface area contributed by atoms with Crippen molar-refractivity contribution in [1.82, 2.24) is 0 Å². The number of rotatable bonds is 3. The van der Waals surface area contributed by atoms with E-state index in [0.29, 0.717) is 6.42 Å². The number of Topliss-reactive ketones (excluding diaryl/α,β-unsaturated/α-hetero) is 1. The second-order valence-corrected chi connectivity index (χ2v) is 5.84. The molecule has 0 aliphatic heterocycles. The van der Waals surface area contributed by atoms with Crippen molar-refractivity contribution in [3.8, 4) is 0 Å². The molecule has 0 amide bonds. The van der Waals surface area contributed by atoms with Gasteiger partial charge in [0, 0.05) is 12.0 Å². The fourth-order valence-electron chi connectivity index (χ4n) is 2.41. The van der Waals surface area contributed by atoms with Gasteiger partial charge in [-0.3, -0.25) is 4.79 Å². The van der Waals surface area contributed by atoms with Crippen molar-refractivity contribution in [2.24, 2.45) is 5.41 Å². The Morgan fingerprint density at radius 1 is 1.17 bits per heavy atom. The molecule has 0 fully saturated rings. The maximum Gasteiger partial charge on any atom is 0.166 e. The Kier molecular flexibility index (Phi) is 3.51. The van der Waals surface area contributed by atoms with Gasteiger partial charge in [0.2, 0.25) is 0 Å². The summed E-state index contributed by atoms with van der Waals surface area (Å²) in [6.07, 6.45) is 5.80. The van der Waals surface area contributed by atoms with Crippen LogP contribution in [0.25, 0.3) is 0 Å². The van der Waals surface area contributed by atoms with Gasteiger partial charge in [0.15, 0.2) is 5.78 Å². The monoisotopic (exact) mass is 240 g/mol. The van der Waals surface area contributed by atoms with Crippen LogP contribution < -0.4 is 0 Å². The van der Waals surface area contributed by atoms with E-state index >= 15 is 0 Å². The Bertz CT molecular complexity index is 498. The molecule has 1 nitrogen and oxygen atoms in total. The van der Waals surface area contributed by atoms with Gasteiger partial charge in [0.25, 0.3) is 0 Å². The van der Waals surface area contributed by atoms with Crippen molar-refractivity contribution in [3.63, 3.8) is 0 Å². The Morgan fingerprint density at radius 3 is 2.44 bits per heavy atom. The Labute approximate surface area is 109 Å². The maximum atomic E-state index is 12.2. The number of carbonyl (C=O) groups excluding carboxylic acids is 1. The molecule has 0 radical (unpaired) electrons. The molecule has 1 aliphatic carbocycles. The lowest BCUT2D eigenvalue weighted by Crippen LogP contribution is -2.10. The number of ketones is 1. The van der Waals surface area contributed by atoms with E-state index in [4.69, 9.17) is 0 Å². The van der Waals surface area contributed by atoms with Crippen molar-refractivity contribution >= 4 is 5.78 Å². The summed E-state index contributed by atoms with van der Waals surface area (Å²) in [7, 11) is 0. The number of hydrogen-bond acceptors (Lipinski definition) is 1. The van der Waals surface area contributed by atoms with E-state index in [9.17, 15) is 4.79 Å². The summed E-state index contributed by atoms with van der Waals surface area (Å²) in [5, 5.41) is 0. The Morgan fingerprint density at radius 2 is 1.83 bits per heavy atom. The van der Waals surface area contributed by atoms with Crippen molar-refractivity contribution in [2.75, 3.05) is 0 Å². The second-order valence-electron chi connectivity index (χ2n) is 5.84. The third-order valence-corrected chi connectivity index (χ3v) is 3.31. The van der Waals surface area contributed by atoms with Gasteiger partial charge >= 0.3 is 0 Å². The molecule has 1 aliphatic rings. The number of benzene rings is 1. The van der Waals surface area contributed by atoms with Gasteiger partial charge in [0.1, 0.15) is 0 Å². The molecule has 2 rings (SSSR count). The highest BCUT2D eigenvalue weighted by Crippen LogP contribution is 2.36. The summed E-state index contributed by atoms with van der Waals surface area (Å²) in [6, 6.07) is 9.55. The number of allylic oxidation sites excluding steroid dienone is 4. The third kappa shape index (κ3) is 2.79. The molecule has 1 aromatic rings. The van der Waals surface area contributed by atoms with Crippen LogP contribution in [0.15, 0.2) is 53.6 Å². The van der Waals surface area contributed by atoms with Gasteiger partial charge in [-0.2, -0.15) is 0 Å². The first-order valence-electron chi connectivity index (χ1n) is 6.46. The predicted molar refractivity (Wildman–Crippen MR) is 75.6 cm³/mol. The van der Waals surface area contributed by atoms with Crippen molar-refractivity contribution < 1.29 is 4.79 Å². The highest BCUT2D eigenvalue weighted by molar-refractivity contribution is 5.97. The molecule has 0 bridgehead atoms. The van der Waals surface area contributed by atoms with E-state index in [-0.39, 0.29) is 11.2 Å². The second kappa shape index (κ2) is 4.93. The van der Waals surface area contributed by atoms with Crippen LogP contribution in [0.4, 0.5) is 0 Å². The highest BCUT2D eigenvalue weighted by atomic mass is 16.1. The van der Waals surface area contributed by atoms with Crippen molar-refractivity contribution in [3.05, 3.63) is 59.2 Å². The van der Waals surface area contributed by atoms with Crippen LogP contribution in [-0.4, -0.2) is 5.78 Å². The van der Waals surface area contributed by atoms with E-state index in [1.807, 2.05) is 30.3 Å². The van der Waals surface area contributed by atoms with E-state index in [2.05, 4.69) is 32.9 Å². The van der Waals surface area contributed by atoms with Gasteiger partial charge in [-0.15, -0.1) is 0 Å². The lowest BCUT2D eigenvalue weighted by molar-refractivity contribution is 0.0992. The zero-order valence-electron chi connectivity index (χ0n) is 11.4. The minimum Gasteiger partial charge on any atom is -0.294 e. The van der Waals surface area contributed by atoms with E-state index in [0.717, 1.165) is 12.0 Å². The molecule has 0 atom stereocenters. The van der Waals surface area contributed by atoms with E-state index in [1.54, 1.807) is 0 Å². The molecule has 1 aromatic carbocycles. The molecule has 0 saturated carbocycles. The molecular formula is C17H20O. The van der Waals surface area contributed by atoms with Crippen LogP contribution in [-0.2, 0) is 0 Å². The van der Waals surface area contributed by atoms with Gasteiger partial charge in [-0.1, -0.05) is 68.8 Å². The zero-order valence-corrected chi connectivity index (χ0v) is 11.4. The Balaban J connectivity index is 2.18. The summed E-state index contributed by atoms with van der Waals surface area (Å²) in [4.78, 5) is 12.2. The molecule has 0 N–H and O–H groups in total. The van der Waals surface area contributed by atoms with E-state index < -0.39 is 0 Å². The molecule has 0 aromatic heterocycles. The summed E-state index contributed by atoms with van der Waals surface area (Å²) in [5.41, 5.74) is 3.53. The van der Waals surface area contributed by atoms with Gasteiger partial charge in [0.05, 0.1) is 0 Å². The maximum absolute atomic E-state index is 12.2. The molecule has 18 heavy (non-hydrogen) atoms. The molecule has 1 heteroatoms. The molecule has 0 unspecified atom stereocenters. The van der Waals surface area contributed by atoms with Crippen molar-refractivity contribution in [1.29, 1.82) is 0 Å². The SMILES string of the molecule is CC(C)(C)C1=C(CC(=O)c2ccccc2)CC=C1. The fraction of sp³-hybridized carbons (Fsp3) is 0.353. The minimum atomic E-state index is 0.124. The number of hydrogen-bond donors (Lipinski definition) is 0. The molecule has 94 valence electrons. The molecule has 0 spiro atoms. The summed E-state index contributed by atoms with van der Waals surface area (Å²) >= 11 is 0. The van der Waals surface area contributed by atoms with Crippen LogP contribution in [0.1, 0.15) is 44.0 Å². The molecule has 0 heterocycles. The van der Waals surface area contributed by atoms with Crippen LogP contribution >= 0.6 is 0 Å². The van der Waals surface area contributed by atoms with Crippen LogP contribution in [0.2, 0.25) is 0 Å². The van der Waals surface area contributed by atoms with Crippen LogP contribution in [0.3, 0.4) is 0 Å². The summed E-state index contributed by atoms with van der Waals surface area (Å²) in [6.45, 7) is 6.60. The van der Waals surface area contributed by atoms with Gasteiger partial charge in [-0.05, 0) is 17.4 Å². The van der Waals surface area contributed by atoms with Gasteiger partial charge < -0.3 is 0 Å². The molecule has 0 saturated heterocycles. The first-order valence-corrected chi connectivity index (χ1v) is 6.46. The van der Waals surface area contributed by atoms with Gasteiger partial charge in [-0.25, -0.2) is 0 Å². The predicted octanol–water partition coefficient (Wildman–Crippen LogP) is 4.56. The third-order valence-electron chi connectivity index (χ3n) is 3.31. The molecular weight excluding hydrogens is 220 g/mol. The Hall–Kier alpha value is -1.63. The topological polar surface area (TPSA) is 17.1 Å². The normalized spacial score (nSPS) is 15.3. The van der Waals surface area contributed by atoms with E-state index in [1.165, 1.54) is 11.1 Å². The van der Waals surface area contributed by atoms with Crippen molar-refractivity contribution in [2.45, 2.75) is 33.6 Å². The lowest BCUT2D eigenvalue weighted by Gasteiger charge is -2.21. The lowest BCUT2D eigenvalue weighted by atomic mass is 9.83.